The summed E-state index contributed by atoms with van der Waals surface area (Å²) in [4.78, 5) is 22.7. The smallest absolute Gasteiger partial charge is 0.303 e. The zero-order valence-electron chi connectivity index (χ0n) is 11.9. The molecule has 6 nitrogen and oxygen atoms in total. The van der Waals surface area contributed by atoms with Crippen molar-refractivity contribution in [3.05, 3.63) is 23.7 Å². The van der Waals surface area contributed by atoms with Gasteiger partial charge in [-0.1, -0.05) is 13.8 Å². The molecule has 1 rings (SSSR count). The van der Waals surface area contributed by atoms with Gasteiger partial charge < -0.3 is 20.6 Å². The maximum Gasteiger partial charge on any atom is 0.303 e. The number of carboxylic acid groups (broad SMARTS) is 1. The van der Waals surface area contributed by atoms with Crippen LogP contribution in [-0.4, -0.2) is 23.5 Å². The van der Waals surface area contributed by atoms with E-state index in [1.54, 1.807) is 12.1 Å². The molecule has 1 heterocycles. The Bertz CT molecular complexity index is 454. The van der Waals surface area contributed by atoms with Gasteiger partial charge in [0.15, 0.2) is 5.76 Å². The second kappa shape index (κ2) is 7.69. The van der Waals surface area contributed by atoms with Crippen LogP contribution in [0.4, 0.5) is 0 Å². The van der Waals surface area contributed by atoms with E-state index in [0.29, 0.717) is 18.2 Å². The maximum absolute atomic E-state index is 11.9. The number of rotatable bonds is 8. The Morgan fingerprint density at radius 1 is 1.40 bits per heavy atom. The highest BCUT2D eigenvalue weighted by Gasteiger charge is 2.17. The molecule has 0 fully saturated rings. The molecule has 112 valence electrons. The summed E-state index contributed by atoms with van der Waals surface area (Å²) in [5.74, 6) is -0.162. The standard InChI is InChI=1S/C14H22N2O4/c1-9(2)5-10(6-13(17)18)8-16-14(19)12-4-3-11(7-15)20-12/h3-4,9-10H,5-8,15H2,1-2H3,(H,16,19)(H,17,18). The number of aliphatic carboxylic acids is 1. The summed E-state index contributed by atoms with van der Waals surface area (Å²) < 4.78 is 5.24. The van der Waals surface area contributed by atoms with Crippen LogP contribution in [0.25, 0.3) is 0 Å². The van der Waals surface area contributed by atoms with Crippen LogP contribution in [0.2, 0.25) is 0 Å². The molecule has 6 heteroatoms. The van der Waals surface area contributed by atoms with Gasteiger partial charge in [-0.15, -0.1) is 0 Å². The first-order valence-electron chi connectivity index (χ1n) is 6.71. The molecule has 1 aromatic heterocycles. The summed E-state index contributed by atoms with van der Waals surface area (Å²) in [5.41, 5.74) is 5.40. The van der Waals surface area contributed by atoms with Gasteiger partial charge in [0.1, 0.15) is 5.76 Å². The number of furan rings is 1. The molecule has 1 atom stereocenters. The summed E-state index contributed by atoms with van der Waals surface area (Å²) in [5, 5.41) is 11.6. The van der Waals surface area contributed by atoms with Crippen LogP contribution >= 0.6 is 0 Å². The first-order chi connectivity index (χ1) is 9.42. The average Bonchev–Trinajstić information content (AvgIpc) is 2.83. The van der Waals surface area contributed by atoms with Crippen LogP contribution < -0.4 is 11.1 Å². The number of hydrogen-bond acceptors (Lipinski definition) is 4. The van der Waals surface area contributed by atoms with Gasteiger partial charge in [0.25, 0.3) is 5.91 Å². The first kappa shape index (κ1) is 16.2. The minimum absolute atomic E-state index is 0.0463. The quantitative estimate of drug-likeness (QED) is 0.671. The van der Waals surface area contributed by atoms with Crippen LogP contribution in [0, 0.1) is 11.8 Å². The van der Waals surface area contributed by atoms with E-state index < -0.39 is 5.97 Å². The topological polar surface area (TPSA) is 106 Å². The molecule has 0 aliphatic rings. The van der Waals surface area contributed by atoms with Crippen molar-refractivity contribution in [3.8, 4) is 0 Å². The highest BCUT2D eigenvalue weighted by molar-refractivity contribution is 5.91. The van der Waals surface area contributed by atoms with Crippen molar-refractivity contribution in [2.75, 3.05) is 6.54 Å². The summed E-state index contributed by atoms with van der Waals surface area (Å²) >= 11 is 0. The number of carbonyl (C=O) groups excluding carboxylic acids is 1. The lowest BCUT2D eigenvalue weighted by molar-refractivity contribution is -0.138. The van der Waals surface area contributed by atoms with E-state index in [1.165, 1.54) is 0 Å². The normalized spacial score (nSPS) is 12.4. The number of carbonyl (C=O) groups is 2. The number of nitrogens with two attached hydrogens (primary N) is 1. The second-order valence-corrected chi connectivity index (χ2v) is 5.27. The lowest BCUT2D eigenvalue weighted by atomic mass is 9.94. The SMILES string of the molecule is CC(C)CC(CNC(=O)c1ccc(CN)o1)CC(=O)O. The third-order valence-corrected chi connectivity index (χ3v) is 2.91. The fourth-order valence-electron chi connectivity index (χ4n) is 2.09. The summed E-state index contributed by atoms with van der Waals surface area (Å²) in [6.45, 7) is 4.61. The number of carboxylic acids is 1. The molecule has 1 aromatic rings. The van der Waals surface area contributed by atoms with Crippen molar-refractivity contribution >= 4 is 11.9 Å². The van der Waals surface area contributed by atoms with E-state index in [9.17, 15) is 9.59 Å². The van der Waals surface area contributed by atoms with Crippen LogP contribution in [0.1, 0.15) is 43.0 Å². The highest BCUT2D eigenvalue weighted by Crippen LogP contribution is 2.15. The van der Waals surface area contributed by atoms with Crippen LogP contribution in [-0.2, 0) is 11.3 Å². The lowest BCUT2D eigenvalue weighted by Gasteiger charge is -2.17. The molecule has 1 amide bonds. The Kier molecular flexibility index (Phi) is 6.24. The van der Waals surface area contributed by atoms with Gasteiger partial charge in [0.2, 0.25) is 0 Å². The molecular weight excluding hydrogens is 260 g/mol. The molecule has 0 aliphatic carbocycles. The van der Waals surface area contributed by atoms with Gasteiger partial charge in [0.05, 0.1) is 6.54 Å². The number of hydrogen-bond donors (Lipinski definition) is 3. The van der Waals surface area contributed by atoms with Gasteiger partial charge in [0, 0.05) is 13.0 Å². The van der Waals surface area contributed by atoms with Crippen LogP contribution in [0.5, 0.6) is 0 Å². The van der Waals surface area contributed by atoms with Crippen molar-refractivity contribution in [2.45, 2.75) is 33.2 Å². The maximum atomic E-state index is 11.9. The van der Waals surface area contributed by atoms with E-state index in [4.69, 9.17) is 15.3 Å². The fourth-order valence-corrected chi connectivity index (χ4v) is 2.09. The van der Waals surface area contributed by atoms with Crippen molar-refractivity contribution in [1.29, 1.82) is 0 Å². The molecule has 0 radical (unpaired) electrons. The van der Waals surface area contributed by atoms with Crippen molar-refractivity contribution in [3.63, 3.8) is 0 Å². The van der Waals surface area contributed by atoms with E-state index in [-0.39, 0.29) is 30.6 Å². The molecule has 0 saturated carbocycles. The Hall–Kier alpha value is -1.82. The molecule has 1 unspecified atom stereocenters. The highest BCUT2D eigenvalue weighted by atomic mass is 16.4. The Morgan fingerprint density at radius 2 is 2.10 bits per heavy atom. The Morgan fingerprint density at radius 3 is 2.60 bits per heavy atom. The molecular formula is C14H22N2O4. The third kappa shape index (κ3) is 5.44. The largest absolute Gasteiger partial charge is 0.481 e. The van der Waals surface area contributed by atoms with Gasteiger partial charge in [-0.05, 0) is 30.4 Å². The molecule has 0 saturated heterocycles. The second-order valence-electron chi connectivity index (χ2n) is 5.27. The summed E-state index contributed by atoms with van der Waals surface area (Å²) in [6, 6.07) is 3.21. The van der Waals surface area contributed by atoms with E-state index in [0.717, 1.165) is 6.42 Å². The minimum atomic E-state index is -0.853. The van der Waals surface area contributed by atoms with Crippen molar-refractivity contribution in [2.24, 2.45) is 17.6 Å². The van der Waals surface area contributed by atoms with Crippen LogP contribution in [0.3, 0.4) is 0 Å². The Labute approximate surface area is 118 Å². The minimum Gasteiger partial charge on any atom is -0.481 e. The molecule has 4 N–H and O–H groups in total. The molecule has 0 spiro atoms. The monoisotopic (exact) mass is 282 g/mol. The summed E-state index contributed by atoms with van der Waals surface area (Å²) in [6.07, 6.45) is 0.795. The molecule has 20 heavy (non-hydrogen) atoms. The molecule has 0 aromatic carbocycles. The fraction of sp³-hybridized carbons (Fsp3) is 0.571. The predicted octanol–water partition coefficient (Wildman–Crippen LogP) is 1.61. The van der Waals surface area contributed by atoms with Gasteiger partial charge in [-0.3, -0.25) is 9.59 Å². The predicted molar refractivity (Wildman–Crippen MR) is 74.1 cm³/mol. The average molecular weight is 282 g/mol. The van der Waals surface area contributed by atoms with Crippen molar-refractivity contribution < 1.29 is 19.1 Å². The van der Waals surface area contributed by atoms with E-state index >= 15 is 0 Å². The zero-order valence-corrected chi connectivity index (χ0v) is 11.9. The summed E-state index contributed by atoms with van der Waals surface area (Å²) in [7, 11) is 0. The first-order valence-corrected chi connectivity index (χ1v) is 6.71. The van der Waals surface area contributed by atoms with Gasteiger partial charge in [-0.25, -0.2) is 0 Å². The number of amides is 1. The van der Waals surface area contributed by atoms with Crippen molar-refractivity contribution in [1.82, 2.24) is 5.32 Å². The van der Waals surface area contributed by atoms with E-state index in [2.05, 4.69) is 5.32 Å². The van der Waals surface area contributed by atoms with E-state index in [1.807, 2.05) is 13.8 Å². The number of nitrogens with one attached hydrogen (secondary N) is 1. The third-order valence-electron chi connectivity index (χ3n) is 2.91. The van der Waals surface area contributed by atoms with Gasteiger partial charge in [-0.2, -0.15) is 0 Å². The molecule has 0 aliphatic heterocycles. The van der Waals surface area contributed by atoms with Crippen LogP contribution in [0.15, 0.2) is 16.5 Å². The zero-order chi connectivity index (χ0) is 15.1. The molecule has 0 bridgehead atoms. The van der Waals surface area contributed by atoms with Gasteiger partial charge >= 0.3 is 5.97 Å². The lowest BCUT2D eigenvalue weighted by Crippen LogP contribution is -2.30. The Balaban J connectivity index is 2.52.